The summed E-state index contributed by atoms with van der Waals surface area (Å²) in [6.45, 7) is 5.71. The summed E-state index contributed by atoms with van der Waals surface area (Å²) < 4.78 is 5.91. The second kappa shape index (κ2) is 8.02. The van der Waals surface area contributed by atoms with Gasteiger partial charge in [-0.05, 0) is 44.2 Å². The summed E-state index contributed by atoms with van der Waals surface area (Å²) in [6.07, 6.45) is 11.2. The van der Waals surface area contributed by atoms with Crippen LogP contribution in [0.4, 0.5) is 0 Å². The first-order valence-electron chi connectivity index (χ1n) is 11.4. The Morgan fingerprint density at radius 1 is 1.17 bits per heavy atom. The van der Waals surface area contributed by atoms with Crippen LogP contribution in [0.2, 0.25) is 0 Å². The highest BCUT2D eigenvalue weighted by Crippen LogP contribution is 2.28. The largest absolute Gasteiger partial charge is 0.330 e. The number of likely N-dealkylation sites (tertiary alicyclic amines) is 1. The quantitative estimate of drug-likeness (QED) is 0.650. The molecule has 1 saturated heterocycles. The van der Waals surface area contributed by atoms with Crippen LogP contribution in [0.1, 0.15) is 55.8 Å². The molecule has 0 unspecified atom stereocenters. The van der Waals surface area contributed by atoms with Gasteiger partial charge in [0.2, 0.25) is 0 Å². The first kappa shape index (κ1) is 19.5. The predicted molar refractivity (Wildman–Crippen MR) is 117 cm³/mol. The minimum absolute atomic E-state index is 0.124. The first-order chi connectivity index (χ1) is 14.6. The van der Waals surface area contributed by atoms with E-state index in [2.05, 4.69) is 28.0 Å². The second-order valence-electron chi connectivity index (χ2n) is 9.17. The molecule has 160 valence electrons. The summed E-state index contributed by atoms with van der Waals surface area (Å²) in [7, 11) is 1.98. The molecule has 2 aliphatic rings. The van der Waals surface area contributed by atoms with Gasteiger partial charge in [0.25, 0.3) is 0 Å². The number of aromatic nitrogens is 5. The summed E-state index contributed by atoms with van der Waals surface area (Å²) in [5, 5.41) is 4.37. The van der Waals surface area contributed by atoms with Gasteiger partial charge in [0.15, 0.2) is 5.65 Å². The standard InChI is InChI=1S/C23H32N6O/c1-17-19(13-25-26(17)2)15-27-12-10-20(16-27)29-22-21(9-6-11-24-22)28(23(29)30)14-18-7-4-3-5-8-18/h6,9,11,13,18,20H,3-5,7-8,10,12,14-16H2,1-2H3/t20-/m1/s1. The second-order valence-corrected chi connectivity index (χ2v) is 9.17. The van der Waals surface area contributed by atoms with Crippen LogP contribution >= 0.6 is 0 Å². The highest BCUT2D eigenvalue weighted by molar-refractivity contribution is 5.71. The van der Waals surface area contributed by atoms with Gasteiger partial charge in [0.05, 0.1) is 17.8 Å². The third kappa shape index (κ3) is 3.49. The maximum absolute atomic E-state index is 13.5. The number of rotatable bonds is 5. The lowest BCUT2D eigenvalue weighted by atomic mass is 9.89. The topological polar surface area (TPSA) is 60.9 Å². The molecule has 5 rings (SSSR count). The molecule has 3 aromatic rings. The molecular formula is C23H32N6O. The van der Waals surface area contributed by atoms with Crippen molar-refractivity contribution in [3.05, 3.63) is 46.3 Å². The van der Waals surface area contributed by atoms with Crippen molar-refractivity contribution >= 4 is 11.2 Å². The molecule has 1 atom stereocenters. The molecule has 0 radical (unpaired) electrons. The van der Waals surface area contributed by atoms with Crippen molar-refractivity contribution in [1.82, 2.24) is 28.8 Å². The van der Waals surface area contributed by atoms with Crippen LogP contribution in [0, 0.1) is 12.8 Å². The van der Waals surface area contributed by atoms with Crippen LogP contribution in [0.3, 0.4) is 0 Å². The monoisotopic (exact) mass is 408 g/mol. The predicted octanol–water partition coefficient (Wildman–Crippen LogP) is 3.27. The Kier molecular flexibility index (Phi) is 5.23. The van der Waals surface area contributed by atoms with E-state index in [-0.39, 0.29) is 11.7 Å². The number of nitrogens with zero attached hydrogens (tertiary/aromatic N) is 6. The number of hydrogen-bond acceptors (Lipinski definition) is 4. The fraction of sp³-hybridized carbons (Fsp3) is 0.609. The Labute approximate surface area is 177 Å². The van der Waals surface area contributed by atoms with E-state index >= 15 is 0 Å². The third-order valence-corrected chi connectivity index (χ3v) is 7.23. The third-order valence-electron chi connectivity index (χ3n) is 7.23. The summed E-state index contributed by atoms with van der Waals surface area (Å²) in [6, 6.07) is 4.20. The van der Waals surface area contributed by atoms with Gasteiger partial charge < -0.3 is 0 Å². The molecule has 0 spiro atoms. The van der Waals surface area contributed by atoms with Gasteiger partial charge in [-0.2, -0.15) is 5.10 Å². The molecule has 1 saturated carbocycles. The van der Waals surface area contributed by atoms with Gasteiger partial charge in [-0.15, -0.1) is 0 Å². The number of hydrogen-bond donors (Lipinski definition) is 0. The van der Waals surface area contributed by atoms with Crippen molar-refractivity contribution < 1.29 is 0 Å². The Hall–Kier alpha value is -2.41. The Bertz CT molecular complexity index is 1090. The van der Waals surface area contributed by atoms with Gasteiger partial charge in [0.1, 0.15) is 0 Å². The summed E-state index contributed by atoms with van der Waals surface area (Å²) in [5.41, 5.74) is 4.45. The van der Waals surface area contributed by atoms with E-state index < -0.39 is 0 Å². The minimum atomic E-state index is 0.124. The molecule has 0 amide bonds. The lowest BCUT2D eigenvalue weighted by molar-refractivity contribution is 0.308. The number of imidazole rings is 1. The SMILES string of the molecule is Cc1c(CN2CC[C@@H](n3c(=O)n(CC4CCCCC4)c4cccnc43)C2)cnn1C. The van der Waals surface area contributed by atoms with Crippen molar-refractivity contribution in [2.75, 3.05) is 13.1 Å². The molecule has 0 bridgehead atoms. The number of aryl methyl sites for hydroxylation is 1. The van der Waals surface area contributed by atoms with E-state index in [1.165, 1.54) is 43.4 Å². The molecule has 2 fully saturated rings. The maximum Gasteiger partial charge on any atom is 0.330 e. The zero-order valence-electron chi connectivity index (χ0n) is 18.1. The van der Waals surface area contributed by atoms with Crippen LogP contribution in [0.15, 0.2) is 29.3 Å². The zero-order valence-corrected chi connectivity index (χ0v) is 18.1. The molecule has 0 N–H and O–H groups in total. The van der Waals surface area contributed by atoms with Crippen LogP contribution in [-0.4, -0.2) is 41.9 Å². The molecule has 0 aromatic carbocycles. The maximum atomic E-state index is 13.5. The number of pyridine rings is 1. The van der Waals surface area contributed by atoms with Crippen molar-refractivity contribution in [2.45, 2.75) is 64.6 Å². The fourth-order valence-corrected chi connectivity index (χ4v) is 5.35. The zero-order chi connectivity index (χ0) is 20.7. The van der Waals surface area contributed by atoms with Crippen LogP contribution in [0.25, 0.3) is 11.2 Å². The smallest absolute Gasteiger partial charge is 0.297 e. The van der Waals surface area contributed by atoms with Crippen LogP contribution in [0.5, 0.6) is 0 Å². The summed E-state index contributed by atoms with van der Waals surface area (Å²) in [4.78, 5) is 20.6. The molecule has 1 aliphatic heterocycles. The van der Waals surface area contributed by atoms with E-state index in [4.69, 9.17) is 0 Å². The van der Waals surface area contributed by atoms with Crippen LogP contribution < -0.4 is 5.69 Å². The van der Waals surface area contributed by atoms with E-state index in [9.17, 15) is 4.79 Å². The molecule has 7 nitrogen and oxygen atoms in total. The molecule has 30 heavy (non-hydrogen) atoms. The Morgan fingerprint density at radius 3 is 2.77 bits per heavy atom. The van der Waals surface area contributed by atoms with E-state index in [0.717, 1.165) is 43.8 Å². The minimum Gasteiger partial charge on any atom is -0.297 e. The van der Waals surface area contributed by atoms with Gasteiger partial charge in [-0.3, -0.25) is 18.7 Å². The molecule has 7 heteroatoms. The average molecular weight is 409 g/mol. The van der Waals surface area contributed by atoms with E-state index in [1.807, 2.05) is 39.3 Å². The highest BCUT2D eigenvalue weighted by atomic mass is 16.1. The van der Waals surface area contributed by atoms with Crippen molar-refractivity contribution in [3.63, 3.8) is 0 Å². The van der Waals surface area contributed by atoms with Crippen molar-refractivity contribution in [3.8, 4) is 0 Å². The van der Waals surface area contributed by atoms with E-state index in [1.54, 1.807) is 0 Å². The molecule has 4 heterocycles. The lowest BCUT2D eigenvalue weighted by Gasteiger charge is -2.21. The fourth-order valence-electron chi connectivity index (χ4n) is 5.35. The average Bonchev–Trinajstić information content (AvgIpc) is 3.42. The first-order valence-corrected chi connectivity index (χ1v) is 11.4. The van der Waals surface area contributed by atoms with Gasteiger partial charge in [0, 0.05) is 50.7 Å². The summed E-state index contributed by atoms with van der Waals surface area (Å²) in [5.74, 6) is 0.615. The lowest BCUT2D eigenvalue weighted by Crippen LogP contribution is -2.31. The summed E-state index contributed by atoms with van der Waals surface area (Å²) >= 11 is 0. The van der Waals surface area contributed by atoms with Gasteiger partial charge >= 0.3 is 5.69 Å². The molecular weight excluding hydrogens is 376 g/mol. The van der Waals surface area contributed by atoms with Crippen LogP contribution in [-0.2, 0) is 20.1 Å². The Balaban J connectivity index is 1.41. The molecule has 1 aliphatic carbocycles. The van der Waals surface area contributed by atoms with Crippen molar-refractivity contribution in [2.24, 2.45) is 13.0 Å². The van der Waals surface area contributed by atoms with E-state index in [0.29, 0.717) is 5.92 Å². The van der Waals surface area contributed by atoms with Gasteiger partial charge in [-0.25, -0.2) is 9.78 Å². The highest BCUT2D eigenvalue weighted by Gasteiger charge is 2.29. The Morgan fingerprint density at radius 2 is 2.00 bits per heavy atom. The number of fused-ring (bicyclic) bond motifs is 1. The van der Waals surface area contributed by atoms with Crippen molar-refractivity contribution in [1.29, 1.82) is 0 Å². The van der Waals surface area contributed by atoms with Gasteiger partial charge in [-0.1, -0.05) is 19.3 Å². The normalized spacial score (nSPS) is 21.1. The molecule has 3 aromatic heterocycles.